The molecule has 0 radical (unpaired) electrons. The molecule has 3 aliphatic heterocycles. The van der Waals surface area contributed by atoms with Crippen LogP contribution >= 0.6 is 15.9 Å². The maximum atomic E-state index is 13.5. The first-order chi connectivity index (χ1) is 15.2. The van der Waals surface area contributed by atoms with Crippen LogP contribution in [0.3, 0.4) is 0 Å². The number of piperidine rings is 2. The van der Waals surface area contributed by atoms with Gasteiger partial charge in [-0.25, -0.2) is 8.42 Å². The molecule has 0 bridgehead atoms. The summed E-state index contributed by atoms with van der Waals surface area (Å²) in [6.45, 7) is 5.99. The Balaban J connectivity index is 1.49. The molecular weight excluding hydrogens is 494 g/mol. The number of carbonyl (C=O) groups excluding carboxylic acids is 2. The highest BCUT2D eigenvalue weighted by Gasteiger charge is 2.37. The van der Waals surface area contributed by atoms with Crippen molar-refractivity contribution in [2.45, 2.75) is 69.7 Å². The van der Waals surface area contributed by atoms with E-state index >= 15 is 0 Å². The number of nitrogens with zero attached hydrogens (tertiary/aromatic N) is 3. The van der Waals surface area contributed by atoms with Crippen molar-refractivity contribution in [2.75, 3.05) is 31.1 Å². The van der Waals surface area contributed by atoms with Gasteiger partial charge in [-0.3, -0.25) is 9.59 Å². The number of rotatable bonds is 4. The fraction of sp³-hybridized carbons (Fsp3) is 0.652. The van der Waals surface area contributed by atoms with Crippen molar-refractivity contribution in [2.24, 2.45) is 5.92 Å². The number of hydrogen-bond acceptors (Lipinski definition) is 4. The maximum absolute atomic E-state index is 13.5. The van der Waals surface area contributed by atoms with E-state index in [1.54, 1.807) is 11.0 Å². The fourth-order valence-electron chi connectivity index (χ4n) is 5.18. The van der Waals surface area contributed by atoms with Crippen molar-refractivity contribution in [3.05, 3.63) is 22.2 Å². The summed E-state index contributed by atoms with van der Waals surface area (Å²) in [7, 11) is -3.73. The number of amides is 2. The highest BCUT2D eigenvalue weighted by molar-refractivity contribution is 9.10. The topological polar surface area (TPSA) is 78.0 Å². The van der Waals surface area contributed by atoms with Gasteiger partial charge in [0.15, 0.2) is 0 Å². The molecule has 2 fully saturated rings. The van der Waals surface area contributed by atoms with Gasteiger partial charge in [-0.2, -0.15) is 4.31 Å². The van der Waals surface area contributed by atoms with Crippen LogP contribution in [0.2, 0.25) is 0 Å². The second kappa shape index (κ2) is 9.43. The predicted molar refractivity (Wildman–Crippen MR) is 127 cm³/mol. The van der Waals surface area contributed by atoms with Crippen molar-refractivity contribution >= 4 is 43.5 Å². The van der Waals surface area contributed by atoms with Crippen LogP contribution < -0.4 is 4.90 Å². The van der Waals surface area contributed by atoms with Crippen LogP contribution in [0.15, 0.2) is 21.5 Å². The third-order valence-electron chi connectivity index (χ3n) is 7.14. The van der Waals surface area contributed by atoms with Crippen LogP contribution in [0.25, 0.3) is 0 Å². The van der Waals surface area contributed by atoms with Crippen molar-refractivity contribution in [3.63, 3.8) is 0 Å². The molecule has 0 N–H and O–H groups in total. The van der Waals surface area contributed by atoms with Gasteiger partial charge in [-0.15, -0.1) is 0 Å². The zero-order chi connectivity index (χ0) is 23.0. The molecule has 3 aliphatic rings. The van der Waals surface area contributed by atoms with E-state index in [-0.39, 0.29) is 28.7 Å². The van der Waals surface area contributed by atoms with E-state index < -0.39 is 10.0 Å². The van der Waals surface area contributed by atoms with Gasteiger partial charge in [0.2, 0.25) is 21.8 Å². The molecule has 4 rings (SSSR count). The first kappa shape index (κ1) is 23.7. The van der Waals surface area contributed by atoms with Crippen LogP contribution in [-0.2, 0) is 26.0 Å². The first-order valence-corrected chi connectivity index (χ1v) is 13.9. The third-order valence-corrected chi connectivity index (χ3v) is 10.00. The van der Waals surface area contributed by atoms with Crippen LogP contribution in [0.5, 0.6) is 0 Å². The summed E-state index contributed by atoms with van der Waals surface area (Å²) < 4.78 is 29.0. The molecule has 2 amide bonds. The third kappa shape index (κ3) is 4.35. The van der Waals surface area contributed by atoms with Gasteiger partial charge in [0.05, 0.1) is 4.90 Å². The van der Waals surface area contributed by atoms with E-state index in [2.05, 4.69) is 22.9 Å². The number of fused-ring (bicyclic) bond motifs is 1. The number of sulfonamides is 1. The Morgan fingerprint density at radius 2 is 1.78 bits per heavy atom. The van der Waals surface area contributed by atoms with Crippen LogP contribution in [0.1, 0.15) is 57.9 Å². The smallest absolute Gasteiger partial charge is 0.244 e. The molecule has 0 unspecified atom stereocenters. The number of benzene rings is 1. The van der Waals surface area contributed by atoms with Crippen molar-refractivity contribution in [1.29, 1.82) is 0 Å². The minimum Gasteiger partial charge on any atom is -0.340 e. The molecule has 0 aliphatic carbocycles. The van der Waals surface area contributed by atoms with Gasteiger partial charge in [0, 0.05) is 54.7 Å². The number of halogens is 1. The van der Waals surface area contributed by atoms with Crippen molar-refractivity contribution in [3.8, 4) is 0 Å². The van der Waals surface area contributed by atoms with Gasteiger partial charge in [-0.05, 0) is 79.1 Å². The lowest BCUT2D eigenvalue weighted by molar-refractivity contribution is -0.140. The quantitative estimate of drug-likeness (QED) is 0.602. The van der Waals surface area contributed by atoms with Gasteiger partial charge in [0.25, 0.3) is 0 Å². The highest BCUT2D eigenvalue weighted by Crippen LogP contribution is 2.37. The summed E-state index contributed by atoms with van der Waals surface area (Å²) in [6, 6.07) is 3.75. The molecule has 2 saturated heterocycles. The molecule has 3 heterocycles. The maximum Gasteiger partial charge on any atom is 0.244 e. The Kier molecular flexibility index (Phi) is 6.98. The van der Waals surface area contributed by atoms with E-state index in [1.165, 1.54) is 10.7 Å². The molecule has 32 heavy (non-hydrogen) atoms. The van der Waals surface area contributed by atoms with Crippen molar-refractivity contribution < 1.29 is 18.0 Å². The molecule has 1 aromatic carbocycles. The fourth-order valence-corrected chi connectivity index (χ4v) is 7.72. The first-order valence-electron chi connectivity index (χ1n) is 11.7. The van der Waals surface area contributed by atoms with E-state index in [0.717, 1.165) is 31.4 Å². The molecule has 0 aromatic heterocycles. The van der Waals surface area contributed by atoms with Gasteiger partial charge < -0.3 is 9.80 Å². The lowest BCUT2D eigenvalue weighted by Crippen LogP contribution is -2.48. The summed E-state index contributed by atoms with van der Waals surface area (Å²) in [6.07, 6.45) is 5.46. The van der Waals surface area contributed by atoms with Crippen molar-refractivity contribution in [1.82, 2.24) is 9.21 Å². The molecule has 7 nitrogen and oxygen atoms in total. The SMILES string of the molecule is CCC(=O)N1CCc2cc(Br)c(S(=O)(=O)N3CCC(C(=O)N4CCCC[C@H]4C)CC3)cc21. The normalized spacial score (nSPS) is 22.8. The molecule has 9 heteroatoms. The number of likely N-dealkylation sites (tertiary alicyclic amines) is 1. The Morgan fingerprint density at radius 3 is 2.44 bits per heavy atom. The average molecular weight is 526 g/mol. The lowest BCUT2D eigenvalue weighted by Gasteiger charge is -2.38. The van der Waals surface area contributed by atoms with Gasteiger partial charge in [-0.1, -0.05) is 6.92 Å². The van der Waals surface area contributed by atoms with Crippen LogP contribution in [0, 0.1) is 5.92 Å². The molecule has 0 saturated carbocycles. The molecule has 176 valence electrons. The molecule has 1 atom stereocenters. The summed E-state index contributed by atoms with van der Waals surface area (Å²) in [5, 5.41) is 0. The van der Waals surface area contributed by atoms with Crippen LogP contribution in [0.4, 0.5) is 5.69 Å². The molecular formula is C23H32BrN3O4S. The Labute approximate surface area is 199 Å². The van der Waals surface area contributed by atoms with E-state index in [1.807, 2.05) is 17.9 Å². The Hall–Kier alpha value is -1.45. The zero-order valence-electron chi connectivity index (χ0n) is 18.8. The predicted octanol–water partition coefficient (Wildman–Crippen LogP) is 3.55. The number of carbonyl (C=O) groups is 2. The highest BCUT2D eigenvalue weighted by atomic mass is 79.9. The van der Waals surface area contributed by atoms with E-state index in [9.17, 15) is 18.0 Å². The Morgan fingerprint density at radius 1 is 1.06 bits per heavy atom. The molecule has 1 aromatic rings. The Bertz CT molecular complexity index is 1000. The average Bonchev–Trinajstić information content (AvgIpc) is 3.20. The number of anilines is 1. The van der Waals surface area contributed by atoms with E-state index in [4.69, 9.17) is 0 Å². The summed E-state index contributed by atoms with van der Waals surface area (Å²) in [5.74, 6) is 0.0745. The van der Waals surface area contributed by atoms with E-state index in [0.29, 0.717) is 49.1 Å². The monoisotopic (exact) mass is 525 g/mol. The summed E-state index contributed by atoms with van der Waals surface area (Å²) >= 11 is 3.45. The van der Waals surface area contributed by atoms with Gasteiger partial charge in [0.1, 0.15) is 0 Å². The minimum absolute atomic E-state index is 0.000637. The van der Waals surface area contributed by atoms with Gasteiger partial charge >= 0.3 is 0 Å². The largest absolute Gasteiger partial charge is 0.340 e. The molecule has 0 spiro atoms. The summed E-state index contributed by atoms with van der Waals surface area (Å²) in [5.41, 5.74) is 1.68. The zero-order valence-corrected chi connectivity index (χ0v) is 21.3. The second-order valence-electron chi connectivity index (χ2n) is 9.12. The van der Waals surface area contributed by atoms with Crippen LogP contribution in [-0.4, -0.2) is 61.7 Å². The minimum atomic E-state index is -3.73. The number of hydrogen-bond donors (Lipinski definition) is 0. The summed E-state index contributed by atoms with van der Waals surface area (Å²) in [4.78, 5) is 29.2. The lowest BCUT2D eigenvalue weighted by atomic mass is 9.94. The second-order valence-corrected chi connectivity index (χ2v) is 11.9. The standard InChI is InChI=1S/C23H32BrN3O4S/c1-3-22(28)27-13-9-18-14-19(24)21(15-20(18)27)32(30,31)25-11-7-17(8-12-25)23(29)26-10-5-4-6-16(26)2/h14-17H,3-13H2,1-2H3/t16-/m1/s1.